The number of nitrogens with two attached hydrogens (primary N) is 1. The van der Waals surface area contributed by atoms with Crippen LogP contribution in [0, 0.1) is 6.92 Å². The zero-order chi connectivity index (χ0) is 14.5. The number of amides is 1. The Morgan fingerprint density at radius 2 is 1.95 bits per heavy atom. The SMILES string of the molecule is Cc1cc(N)cc(C(=O)NC(CO)c2ccccc2)c1. The Bertz CT molecular complexity index is 576. The number of aryl methyl sites for hydroxylation is 1. The van der Waals surface area contributed by atoms with E-state index in [1.165, 1.54) is 0 Å². The molecule has 1 atom stereocenters. The maximum Gasteiger partial charge on any atom is 0.251 e. The molecule has 0 saturated carbocycles. The highest BCUT2D eigenvalue weighted by molar-refractivity contribution is 5.95. The predicted molar refractivity (Wildman–Crippen MR) is 79.3 cm³/mol. The van der Waals surface area contributed by atoms with Gasteiger partial charge in [0.1, 0.15) is 0 Å². The Balaban J connectivity index is 2.17. The molecule has 0 aliphatic heterocycles. The van der Waals surface area contributed by atoms with Crippen LogP contribution >= 0.6 is 0 Å². The third-order valence-electron chi connectivity index (χ3n) is 3.05. The number of anilines is 1. The molecule has 2 rings (SSSR count). The van der Waals surface area contributed by atoms with Crippen molar-refractivity contribution in [2.45, 2.75) is 13.0 Å². The maximum absolute atomic E-state index is 12.2. The van der Waals surface area contributed by atoms with E-state index in [1.807, 2.05) is 37.3 Å². The van der Waals surface area contributed by atoms with Crippen molar-refractivity contribution >= 4 is 11.6 Å². The van der Waals surface area contributed by atoms with E-state index in [-0.39, 0.29) is 12.5 Å². The molecule has 2 aromatic carbocycles. The molecule has 0 spiro atoms. The molecule has 104 valence electrons. The summed E-state index contributed by atoms with van der Waals surface area (Å²) in [5.41, 5.74) is 8.58. The molecule has 0 saturated heterocycles. The average molecular weight is 270 g/mol. The molecule has 0 heterocycles. The Hall–Kier alpha value is -2.33. The first kappa shape index (κ1) is 14.1. The average Bonchev–Trinajstić information content (AvgIpc) is 2.44. The Kier molecular flexibility index (Phi) is 4.38. The second kappa shape index (κ2) is 6.21. The summed E-state index contributed by atoms with van der Waals surface area (Å²) in [6, 6.07) is 14.1. The van der Waals surface area contributed by atoms with Gasteiger partial charge in [0.15, 0.2) is 0 Å². The minimum atomic E-state index is -0.426. The van der Waals surface area contributed by atoms with Crippen LogP contribution in [0.5, 0.6) is 0 Å². The standard InChI is InChI=1S/C16H18N2O2/c1-11-7-13(9-14(17)8-11)16(20)18-15(10-19)12-5-3-2-4-6-12/h2-9,15,19H,10,17H2,1H3,(H,18,20). The number of aliphatic hydroxyl groups is 1. The van der Waals surface area contributed by atoms with E-state index < -0.39 is 6.04 Å². The Morgan fingerprint density at radius 3 is 2.55 bits per heavy atom. The van der Waals surface area contributed by atoms with Gasteiger partial charge in [-0.05, 0) is 36.2 Å². The number of nitrogens with one attached hydrogen (secondary N) is 1. The molecule has 20 heavy (non-hydrogen) atoms. The zero-order valence-electron chi connectivity index (χ0n) is 11.3. The van der Waals surface area contributed by atoms with Crippen LogP contribution in [0.3, 0.4) is 0 Å². The third-order valence-corrected chi connectivity index (χ3v) is 3.05. The van der Waals surface area contributed by atoms with Gasteiger partial charge in [0.05, 0.1) is 12.6 Å². The number of hydrogen-bond donors (Lipinski definition) is 3. The summed E-state index contributed by atoms with van der Waals surface area (Å²) >= 11 is 0. The fourth-order valence-corrected chi connectivity index (χ4v) is 2.11. The van der Waals surface area contributed by atoms with Crippen LogP contribution in [0.2, 0.25) is 0 Å². The lowest BCUT2D eigenvalue weighted by Gasteiger charge is -2.17. The Morgan fingerprint density at radius 1 is 1.25 bits per heavy atom. The Labute approximate surface area is 118 Å². The maximum atomic E-state index is 12.2. The predicted octanol–water partition coefficient (Wildman–Crippen LogP) is 2.04. The lowest BCUT2D eigenvalue weighted by Crippen LogP contribution is -2.30. The molecule has 0 fully saturated rings. The van der Waals surface area contributed by atoms with E-state index in [0.29, 0.717) is 11.3 Å². The van der Waals surface area contributed by atoms with Gasteiger partial charge in [0.2, 0.25) is 0 Å². The van der Waals surface area contributed by atoms with Crippen molar-refractivity contribution in [2.75, 3.05) is 12.3 Å². The van der Waals surface area contributed by atoms with Gasteiger partial charge in [-0.15, -0.1) is 0 Å². The van der Waals surface area contributed by atoms with Crippen LogP contribution in [0.15, 0.2) is 48.5 Å². The molecule has 4 N–H and O–H groups in total. The molecule has 0 radical (unpaired) electrons. The quantitative estimate of drug-likeness (QED) is 0.744. The summed E-state index contributed by atoms with van der Waals surface area (Å²) in [4.78, 5) is 12.2. The fraction of sp³-hybridized carbons (Fsp3) is 0.188. The lowest BCUT2D eigenvalue weighted by molar-refractivity contribution is 0.0916. The number of carbonyl (C=O) groups excluding carboxylic acids is 1. The van der Waals surface area contributed by atoms with Gasteiger partial charge in [-0.2, -0.15) is 0 Å². The number of nitrogen functional groups attached to an aromatic ring is 1. The summed E-state index contributed by atoms with van der Waals surface area (Å²) in [7, 11) is 0. The minimum absolute atomic E-state index is 0.156. The molecule has 0 bridgehead atoms. The van der Waals surface area contributed by atoms with E-state index in [0.717, 1.165) is 11.1 Å². The minimum Gasteiger partial charge on any atom is -0.399 e. The van der Waals surface area contributed by atoms with E-state index in [2.05, 4.69) is 5.32 Å². The van der Waals surface area contributed by atoms with Crippen molar-refractivity contribution in [3.8, 4) is 0 Å². The van der Waals surface area contributed by atoms with Crippen molar-refractivity contribution < 1.29 is 9.90 Å². The molecular weight excluding hydrogens is 252 g/mol. The summed E-state index contributed by atoms with van der Waals surface area (Å²) < 4.78 is 0. The highest BCUT2D eigenvalue weighted by Gasteiger charge is 2.15. The summed E-state index contributed by atoms with van der Waals surface area (Å²) in [5, 5.41) is 12.3. The van der Waals surface area contributed by atoms with Gasteiger partial charge < -0.3 is 16.2 Å². The molecule has 4 heteroatoms. The molecular formula is C16H18N2O2. The van der Waals surface area contributed by atoms with E-state index in [9.17, 15) is 9.90 Å². The van der Waals surface area contributed by atoms with Crippen LogP contribution in [0.4, 0.5) is 5.69 Å². The topological polar surface area (TPSA) is 75.4 Å². The zero-order valence-corrected chi connectivity index (χ0v) is 11.3. The second-order valence-corrected chi connectivity index (χ2v) is 4.75. The number of rotatable bonds is 4. The first-order valence-corrected chi connectivity index (χ1v) is 6.44. The summed E-state index contributed by atoms with van der Waals surface area (Å²) in [6.07, 6.45) is 0. The molecule has 0 aliphatic carbocycles. The van der Waals surface area contributed by atoms with Crippen LogP contribution in [-0.2, 0) is 0 Å². The molecule has 1 unspecified atom stereocenters. The normalized spacial score (nSPS) is 11.9. The van der Waals surface area contributed by atoms with Crippen molar-refractivity contribution in [1.82, 2.24) is 5.32 Å². The molecule has 0 aliphatic rings. The number of aliphatic hydroxyl groups excluding tert-OH is 1. The van der Waals surface area contributed by atoms with Crippen molar-refractivity contribution in [3.05, 3.63) is 65.2 Å². The van der Waals surface area contributed by atoms with Crippen molar-refractivity contribution in [1.29, 1.82) is 0 Å². The number of carbonyl (C=O) groups is 1. The highest BCUT2D eigenvalue weighted by Crippen LogP contribution is 2.15. The van der Waals surface area contributed by atoms with Gasteiger partial charge in [0.25, 0.3) is 5.91 Å². The van der Waals surface area contributed by atoms with Crippen LogP contribution in [0.1, 0.15) is 27.5 Å². The van der Waals surface area contributed by atoms with Crippen LogP contribution in [0.25, 0.3) is 0 Å². The molecule has 0 aromatic heterocycles. The summed E-state index contributed by atoms with van der Waals surface area (Å²) in [6.45, 7) is 1.73. The van der Waals surface area contributed by atoms with Crippen molar-refractivity contribution in [2.24, 2.45) is 0 Å². The smallest absolute Gasteiger partial charge is 0.251 e. The highest BCUT2D eigenvalue weighted by atomic mass is 16.3. The monoisotopic (exact) mass is 270 g/mol. The van der Waals surface area contributed by atoms with Gasteiger partial charge in [-0.1, -0.05) is 30.3 Å². The molecule has 4 nitrogen and oxygen atoms in total. The van der Waals surface area contributed by atoms with Crippen LogP contribution in [-0.4, -0.2) is 17.6 Å². The van der Waals surface area contributed by atoms with Crippen LogP contribution < -0.4 is 11.1 Å². The largest absolute Gasteiger partial charge is 0.399 e. The fourth-order valence-electron chi connectivity index (χ4n) is 2.11. The third kappa shape index (κ3) is 3.36. The van der Waals surface area contributed by atoms with E-state index >= 15 is 0 Å². The van der Waals surface area contributed by atoms with Crippen molar-refractivity contribution in [3.63, 3.8) is 0 Å². The number of hydrogen-bond acceptors (Lipinski definition) is 3. The first-order chi connectivity index (χ1) is 9.60. The lowest BCUT2D eigenvalue weighted by atomic mass is 10.1. The van der Waals surface area contributed by atoms with Gasteiger partial charge in [-0.25, -0.2) is 0 Å². The van der Waals surface area contributed by atoms with Gasteiger partial charge >= 0.3 is 0 Å². The van der Waals surface area contributed by atoms with E-state index in [4.69, 9.17) is 5.73 Å². The molecule has 2 aromatic rings. The second-order valence-electron chi connectivity index (χ2n) is 4.75. The molecule has 1 amide bonds. The summed E-state index contributed by atoms with van der Waals surface area (Å²) in [5.74, 6) is -0.247. The number of benzene rings is 2. The first-order valence-electron chi connectivity index (χ1n) is 6.44. The van der Waals surface area contributed by atoms with E-state index in [1.54, 1.807) is 18.2 Å². The van der Waals surface area contributed by atoms with Gasteiger partial charge in [0, 0.05) is 11.3 Å². The van der Waals surface area contributed by atoms with Gasteiger partial charge in [-0.3, -0.25) is 4.79 Å².